The van der Waals surface area contributed by atoms with E-state index in [4.69, 9.17) is 16.3 Å². The highest BCUT2D eigenvalue weighted by Gasteiger charge is 2.27. The molecule has 1 amide bonds. The number of nitrogens with one attached hydrogen (secondary N) is 1. The third kappa shape index (κ3) is 5.61. The maximum atomic E-state index is 13.0. The number of carbonyl (C=O) groups is 1. The molecule has 0 radical (unpaired) electrons. The summed E-state index contributed by atoms with van der Waals surface area (Å²) >= 11 is 6.36. The average molecular weight is 436 g/mol. The fourth-order valence-corrected chi connectivity index (χ4v) is 4.20. The second-order valence-corrected chi connectivity index (χ2v) is 8.21. The highest BCUT2D eigenvalue weighted by Crippen LogP contribution is 2.30. The lowest BCUT2D eigenvalue weighted by atomic mass is 9.88. The van der Waals surface area contributed by atoms with Crippen LogP contribution in [0.1, 0.15) is 55.0 Å². The van der Waals surface area contributed by atoms with Crippen molar-refractivity contribution in [2.24, 2.45) is 5.92 Å². The molecule has 0 saturated heterocycles. The van der Waals surface area contributed by atoms with Gasteiger partial charge in [-0.25, -0.2) is 4.98 Å². The number of hydrogen-bond acceptors (Lipinski definition) is 4. The minimum absolute atomic E-state index is 0.0317. The van der Waals surface area contributed by atoms with Gasteiger partial charge >= 0.3 is 0 Å². The van der Waals surface area contributed by atoms with E-state index in [1.54, 1.807) is 12.4 Å². The summed E-state index contributed by atoms with van der Waals surface area (Å²) in [5, 5.41) is 3.46. The molecule has 1 heterocycles. The van der Waals surface area contributed by atoms with Gasteiger partial charge in [0, 0.05) is 18.3 Å². The zero-order valence-electron chi connectivity index (χ0n) is 17.3. The fraction of sp³-hybridized carbons (Fsp3) is 0.320. The first-order valence-corrected chi connectivity index (χ1v) is 11.1. The van der Waals surface area contributed by atoms with Crippen molar-refractivity contribution in [2.75, 3.05) is 0 Å². The molecular formula is C25H26ClN3O2. The molecule has 2 aromatic carbocycles. The quantitative estimate of drug-likeness (QED) is 0.532. The first-order valence-electron chi connectivity index (χ1n) is 10.7. The Kier molecular flexibility index (Phi) is 7.15. The van der Waals surface area contributed by atoms with E-state index in [0.29, 0.717) is 12.3 Å². The molecule has 31 heavy (non-hydrogen) atoms. The van der Waals surface area contributed by atoms with E-state index in [-0.39, 0.29) is 17.0 Å². The molecule has 0 spiro atoms. The van der Waals surface area contributed by atoms with Crippen molar-refractivity contribution >= 4 is 17.5 Å². The molecule has 1 aliphatic carbocycles. The number of rotatable bonds is 7. The van der Waals surface area contributed by atoms with Gasteiger partial charge in [-0.15, -0.1) is 0 Å². The van der Waals surface area contributed by atoms with Gasteiger partial charge in [0.25, 0.3) is 0 Å². The normalized spacial score (nSPS) is 15.3. The van der Waals surface area contributed by atoms with Gasteiger partial charge < -0.3 is 10.1 Å². The second-order valence-electron chi connectivity index (χ2n) is 7.86. The predicted octanol–water partition coefficient (Wildman–Crippen LogP) is 5.49. The van der Waals surface area contributed by atoms with Crippen molar-refractivity contribution in [3.63, 3.8) is 0 Å². The number of carbonyl (C=O) groups excluding carboxylic acids is 1. The number of aromatic nitrogens is 2. The van der Waals surface area contributed by atoms with Crippen LogP contribution >= 0.6 is 11.6 Å². The maximum absolute atomic E-state index is 13.0. The summed E-state index contributed by atoms with van der Waals surface area (Å²) in [5.41, 5.74) is 2.48. The molecule has 3 aromatic rings. The molecule has 1 aliphatic rings. The van der Waals surface area contributed by atoms with E-state index >= 15 is 0 Å². The number of nitrogens with zero attached hydrogens (tertiary/aromatic N) is 2. The van der Waals surface area contributed by atoms with Crippen LogP contribution in [0.15, 0.2) is 67.0 Å². The molecule has 6 heteroatoms. The van der Waals surface area contributed by atoms with Crippen LogP contribution in [-0.2, 0) is 11.4 Å². The van der Waals surface area contributed by atoms with Crippen LogP contribution in [-0.4, -0.2) is 15.9 Å². The number of halogens is 1. The van der Waals surface area contributed by atoms with E-state index in [2.05, 4.69) is 15.3 Å². The van der Waals surface area contributed by atoms with Crippen LogP contribution in [0.4, 0.5) is 0 Å². The smallest absolute Gasteiger partial charge is 0.223 e. The van der Waals surface area contributed by atoms with Gasteiger partial charge in [-0.2, -0.15) is 0 Å². The van der Waals surface area contributed by atoms with Gasteiger partial charge in [0.2, 0.25) is 5.91 Å². The van der Waals surface area contributed by atoms with E-state index in [1.807, 2.05) is 54.6 Å². The third-order valence-corrected chi connectivity index (χ3v) is 5.95. The van der Waals surface area contributed by atoms with Crippen molar-refractivity contribution in [1.82, 2.24) is 15.3 Å². The molecule has 0 aliphatic heterocycles. The van der Waals surface area contributed by atoms with Crippen LogP contribution in [0.3, 0.4) is 0 Å². The van der Waals surface area contributed by atoms with Crippen molar-refractivity contribution in [3.05, 3.63) is 89.0 Å². The summed E-state index contributed by atoms with van der Waals surface area (Å²) in [7, 11) is 0. The molecule has 1 fully saturated rings. The van der Waals surface area contributed by atoms with Crippen molar-refractivity contribution in [3.8, 4) is 5.75 Å². The summed E-state index contributed by atoms with van der Waals surface area (Å²) < 4.78 is 5.99. The largest absolute Gasteiger partial charge is 0.489 e. The molecule has 5 nitrogen and oxygen atoms in total. The Balaban J connectivity index is 1.57. The molecule has 1 saturated carbocycles. The lowest BCUT2D eigenvalue weighted by Crippen LogP contribution is -2.36. The van der Waals surface area contributed by atoms with Crippen LogP contribution in [0, 0.1) is 5.92 Å². The lowest BCUT2D eigenvalue weighted by Gasteiger charge is -2.25. The predicted molar refractivity (Wildman–Crippen MR) is 121 cm³/mol. The first kappa shape index (κ1) is 21.3. The molecule has 1 unspecified atom stereocenters. The average Bonchev–Trinajstić information content (AvgIpc) is 2.83. The number of hydrogen-bond donors (Lipinski definition) is 1. The molecule has 0 bridgehead atoms. The summed E-state index contributed by atoms with van der Waals surface area (Å²) in [4.78, 5) is 21.6. The van der Waals surface area contributed by atoms with E-state index in [0.717, 1.165) is 42.6 Å². The van der Waals surface area contributed by atoms with Gasteiger partial charge in [0.05, 0.1) is 6.04 Å². The fourth-order valence-electron chi connectivity index (χ4n) is 3.98. The second kappa shape index (κ2) is 10.4. The zero-order valence-corrected chi connectivity index (χ0v) is 18.1. The Labute approximate surface area is 187 Å². The van der Waals surface area contributed by atoms with Crippen molar-refractivity contribution in [1.29, 1.82) is 0 Å². The van der Waals surface area contributed by atoms with Gasteiger partial charge in [-0.05, 0) is 36.1 Å². The maximum Gasteiger partial charge on any atom is 0.223 e. The van der Waals surface area contributed by atoms with Gasteiger partial charge in [-0.3, -0.25) is 9.78 Å². The number of benzene rings is 2. The highest BCUT2D eigenvalue weighted by molar-refractivity contribution is 6.30. The highest BCUT2D eigenvalue weighted by atomic mass is 35.5. The Morgan fingerprint density at radius 1 is 1.03 bits per heavy atom. The molecule has 1 atom stereocenters. The molecule has 160 valence electrons. The number of ether oxygens (including phenoxy) is 1. The van der Waals surface area contributed by atoms with Gasteiger partial charge in [-0.1, -0.05) is 73.3 Å². The van der Waals surface area contributed by atoms with Crippen molar-refractivity contribution < 1.29 is 9.53 Å². The number of amides is 1. The molecule has 4 rings (SSSR count). The standard InChI is InChI=1S/C25H26ClN3O2/c26-24-23(27-14-15-28-24)22(29-25(30)19-10-5-2-6-11-19)20-12-7-13-21(16-20)31-17-18-8-3-1-4-9-18/h1,3-4,7-9,12-16,19,22H,2,5-6,10-11,17H2,(H,29,30). The molecule has 1 aromatic heterocycles. The summed E-state index contributed by atoms with van der Waals surface area (Å²) in [6.07, 6.45) is 8.38. The van der Waals surface area contributed by atoms with Crippen LogP contribution in [0.2, 0.25) is 5.15 Å². The Morgan fingerprint density at radius 3 is 2.58 bits per heavy atom. The van der Waals surface area contributed by atoms with Gasteiger partial charge in [0.1, 0.15) is 18.1 Å². The lowest BCUT2D eigenvalue weighted by molar-refractivity contribution is -0.126. The van der Waals surface area contributed by atoms with Crippen LogP contribution in [0.5, 0.6) is 5.75 Å². The van der Waals surface area contributed by atoms with Crippen LogP contribution < -0.4 is 10.1 Å². The minimum Gasteiger partial charge on any atom is -0.489 e. The SMILES string of the molecule is O=C(NC(c1cccc(OCc2ccccc2)c1)c1nccnc1Cl)C1CCCCC1. The van der Waals surface area contributed by atoms with Crippen LogP contribution in [0.25, 0.3) is 0 Å². The summed E-state index contributed by atoms with van der Waals surface area (Å²) in [6.45, 7) is 0.468. The van der Waals surface area contributed by atoms with E-state index in [9.17, 15) is 4.79 Å². The Hall–Kier alpha value is -2.92. The Morgan fingerprint density at radius 2 is 1.81 bits per heavy atom. The summed E-state index contributed by atoms with van der Waals surface area (Å²) in [5.74, 6) is 0.796. The topological polar surface area (TPSA) is 64.1 Å². The Bertz CT molecular complexity index is 1010. The minimum atomic E-state index is -0.490. The molecule has 1 N–H and O–H groups in total. The first-order chi connectivity index (χ1) is 15.2. The third-order valence-electron chi connectivity index (χ3n) is 5.66. The van der Waals surface area contributed by atoms with E-state index in [1.165, 1.54) is 6.42 Å². The zero-order chi connectivity index (χ0) is 21.5. The molecular weight excluding hydrogens is 410 g/mol. The van der Waals surface area contributed by atoms with Gasteiger partial charge in [0.15, 0.2) is 5.15 Å². The van der Waals surface area contributed by atoms with E-state index < -0.39 is 6.04 Å². The monoisotopic (exact) mass is 435 g/mol. The van der Waals surface area contributed by atoms with Crippen molar-refractivity contribution in [2.45, 2.75) is 44.8 Å². The summed E-state index contributed by atoms with van der Waals surface area (Å²) in [6, 6.07) is 17.2.